The van der Waals surface area contributed by atoms with Gasteiger partial charge in [-0.25, -0.2) is 4.98 Å². The molecule has 1 unspecified atom stereocenters. The second-order valence-electron chi connectivity index (χ2n) is 5.41. The second kappa shape index (κ2) is 7.57. The third-order valence-corrected chi connectivity index (χ3v) is 4.18. The SMILES string of the molecule is O=C(NCC1CCCO1)c1ccnc(Nc2ccc(Br)cc2)c1. The Hall–Kier alpha value is -1.92. The molecule has 2 aromatic rings. The Morgan fingerprint density at radius 1 is 1.30 bits per heavy atom. The molecule has 6 heteroatoms. The van der Waals surface area contributed by atoms with Crippen molar-refractivity contribution in [3.8, 4) is 0 Å². The molecule has 1 aromatic heterocycles. The first kappa shape index (κ1) is 16.0. The molecule has 1 aromatic carbocycles. The minimum absolute atomic E-state index is 0.109. The zero-order chi connectivity index (χ0) is 16.1. The fraction of sp³-hybridized carbons (Fsp3) is 0.294. The van der Waals surface area contributed by atoms with Crippen LogP contribution in [0.4, 0.5) is 11.5 Å². The summed E-state index contributed by atoms with van der Waals surface area (Å²) in [5.41, 5.74) is 1.50. The minimum Gasteiger partial charge on any atom is -0.376 e. The van der Waals surface area contributed by atoms with Crippen LogP contribution in [0.15, 0.2) is 47.1 Å². The number of rotatable bonds is 5. The third kappa shape index (κ3) is 4.53. The van der Waals surface area contributed by atoms with Gasteiger partial charge in [0.1, 0.15) is 5.82 Å². The molecular weight excluding hydrogens is 358 g/mol. The summed E-state index contributed by atoms with van der Waals surface area (Å²) in [4.78, 5) is 16.5. The number of carbonyl (C=O) groups excluding carboxylic acids is 1. The molecule has 1 aliphatic rings. The number of halogens is 1. The average molecular weight is 376 g/mol. The van der Waals surface area contributed by atoms with Crippen LogP contribution in [-0.2, 0) is 4.74 Å². The monoisotopic (exact) mass is 375 g/mol. The summed E-state index contributed by atoms with van der Waals surface area (Å²) in [5, 5.41) is 6.10. The van der Waals surface area contributed by atoms with Crippen LogP contribution in [0.5, 0.6) is 0 Å². The van der Waals surface area contributed by atoms with Crippen LogP contribution in [0.25, 0.3) is 0 Å². The summed E-state index contributed by atoms with van der Waals surface area (Å²) in [5.74, 6) is 0.527. The van der Waals surface area contributed by atoms with E-state index in [1.807, 2.05) is 24.3 Å². The highest BCUT2D eigenvalue weighted by atomic mass is 79.9. The van der Waals surface area contributed by atoms with Gasteiger partial charge in [-0.15, -0.1) is 0 Å². The largest absolute Gasteiger partial charge is 0.376 e. The van der Waals surface area contributed by atoms with E-state index >= 15 is 0 Å². The summed E-state index contributed by atoms with van der Waals surface area (Å²) < 4.78 is 6.52. The molecule has 1 aliphatic heterocycles. The van der Waals surface area contributed by atoms with Gasteiger partial charge in [-0.1, -0.05) is 15.9 Å². The van der Waals surface area contributed by atoms with Crippen LogP contribution < -0.4 is 10.6 Å². The van der Waals surface area contributed by atoms with E-state index in [2.05, 4.69) is 31.5 Å². The van der Waals surface area contributed by atoms with Gasteiger partial charge >= 0.3 is 0 Å². The Bertz CT molecular complexity index is 670. The minimum atomic E-state index is -0.109. The van der Waals surface area contributed by atoms with Gasteiger partial charge in [-0.3, -0.25) is 4.79 Å². The van der Waals surface area contributed by atoms with Gasteiger partial charge in [0.15, 0.2) is 0 Å². The molecule has 1 amide bonds. The van der Waals surface area contributed by atoms with Gasteiger partial charge in [0.25, 0.3) is 5.91 Å². The summed E-state index contributed by atoms with van der Waals surface area (Å²) in [7, 11) is 0. The highest BCUT2D eigenvalue weighted by molar-refractivity contribution is 9.10. The number of aromatic nitrogens is 1. The van der Waals surface area contributed by atoms with Crippen LogP contribution in [0, 0.1) is 0 Å². The maximum Gasteiger partial charge on any atom is 0.251 e. The normalized spacial score (nSPS) is 17.0. The molecule has 0 spiro atoms. The number of amides is 1. The number of nitrogens with zero attached hydrogens (tertiary/aromatic N) is 1. The molecule has 1 fully saturated rings. The average Bonchev–Trinajstić information content (AvgIpc) is 3.08. The molecule has 0 bridgehead atoms. The summed E-state index contributed by atoms with van der Waals surface area (Å²) in [6, 6.07) is 11.2. The van der Waals surface area contributed by atoms with Crippen LogP contribution in [0.1, 0.15) is 23.2 Å². The van der Waals surface area contributed by atoms with Crippen molar-refractivity contribution in [1.29, 1.82) is 0 Å². The number of anilines is 2. The zero-order valence-corrected chi connectivity index (χ0v) is 14.2. The number of nitrogens with one attached hydrogen (secondary N) is 2. The van der Waals surface area contributed by atoms with Crippen molar-refractivity contribution < 1.29 is 9.53 Å². The van der Waals surface area contributed by atoms with E-state index in [1.165, 1.54) is 0 Å². The zero-order valence-electron chi connectivity index (χ0n) is 12.6. The van der Waals surface area contributed by atoms with E-state index < -0.39 is 0 Å². The van der Waals surface area contributed by atoms with Crippen molar-refractivity contribution in [2.45, 2.75) is 18.9 Å². The Balaban J connectivity index is 1.61. The standard InChI is InChI=1S/C17H18BrN3O2/c18-13-3-5-14(6-4-13)21-16-10-12(7-8-19-16)17(22)20-11-15-2-1-9-23-15/h3-8,10,15H,1-2,9,11H2,(H,19,21)(H,20,22). The molecule has 23 heavy (non-hydrogen) atoms. The highest BCUT2D eigenvalue weighted by Crippen LogP contribution is 2.18. The maximum atomic E-state index is 12.2. The molecular formula is C17H18BrN3O2. The van der Waals surface area contributed by atoms with Crippen LogP contribution >= 0.6 is 15.9 Å². The molecule has 0 saturated carbocycles. The fourth-order valence-corrected chi connectivity index (χ4v) is 2.70. The van der Waals surface area contributed by atoms with E-state index in [1.54, 1.807) is 18.3 Å². The van der Waals surface area contributed by atoms with Gasteiger partial charge < -0.3 is 15.4 Å². The molecule has 1 atom stereocenters. The lowest BCUT2D eigenvalue weighted by molar-refractivity contribution is 0.0857. The van der Waals surface area contributed by atoms with Crippen molar-refractivity contribution in [3.05, 3.63) is 52.6 Å². The molecule has 1 saturated heterocycles. The number of pyridine rings is 1. The number of benzene rings is 1. The predicted octanol–water partition coefficient (Wildman–Crippen LogP) is 3.50. The quantitative estimate of drug-likeness (QED) is 0.839. The molecule has 120 valence electrons. The van der Waals surface area contributed by atoms with Gasteiger partial charge in [-0.2, -0.15) is 0 Å². The number of hydrogen-bond donors (Lipinski definition) is 2. The van der Waals surface area contributed by atoms with E-state index in [9.17, 15) is 4.79 Å². The van der Waals surface area contributed by atoms with Gasteiger partial charge in [0.05, 0.1) is 6.10 Å². The lowest BCUT2D eigenvalue weighted by Gasteiger charge is -2.11. The van der Waals surface area contributed by atoms with Crippen molar-refractivity contribution >= 4 is 33.3 Å². The fourth-order valence-electron chi connectivity index (χ4n) is 2.44. The molecule has 2 N–H and O–H groups in total. The smallest absolute Gasteiger partial charge is 0.251 e. The lowest BCUT2D eigenvalue weighted by Crippen LogP contribution is -2.31. The molecule has 5 nitrogen and oxygen atoms in total. The first-order valence-corrected chi connectivity index (χ1v) is 8.38. The van der Waals surface area contributed by atoms with Crippen LogP contribution in [0.3, 0.4) is 0 Å². The maximum absolute atomic E-state index is 12.2. The van der Waals surface area contributed by atoms with E-state index in [-0.39, 0.29) is 12.0 Å². The summed E-state index contributed by atoms with van der Waals surface area (Å²) in [6.45, 7) is 1.34. The Morgan fingerprint density at radius 2 is 2.13 bits per heavy atom. The van der Waals surface area contributed by atoms with E-state index in [0.717, 1.165) is 29.6 Å². The topological polar surface area (TPSA) is 63.2 Å². The van der Waals surface area contributed by atoms with Crippen molar-refractivity contribution in [3.63, 3.8) is 0 Å². The van der Waals surface area contributed by atoms with Crippen molar-refractivity contribution in [2.75, 3.05) is 18.5 Å². The second-order valence-corrected chi connectivity index (χ2v) is 6.32. The summed E-state index contributed by atoms with van der Waals surface area (Å²) in [6.07, 6.45) is 3.84. The molecule has 0 aliphatic carbocycles. The Labute approximate surface area is 143 Å². The van der Waals surface area contributed by atoms with Crippen molar-refractivity contribution in [2.24, 2.45) is 0 Å². The van der Waals surface area contributed by atoms with E-state index in [4.69, 9.17) is 4.74 Å². The first-order chi connectivity index (χ1) is 11.2. The highest BCUT2D eigenvalue weighted by Gasteiger charge is 2.16. The van der Waals surface area contributed by atoms with Gasteiger partial charge in [0.2, 0.25) is 0 Å². The van der Waals surface area contributed by atoms with Gasteiger partial charge in [-0.05, 0) is 49.2 Å². The Morgan fingerprint density at radius 3 is 2.87 bits per heavy atom. The lowest BCUT2D eigenvalue weighted by atomic mass is 10.2. The third-order valence-electron chi connectivity index (χ3n) is 3.65. The predicted molar refractivity (Wildman–Crippen MR) is 93.0 cm³/mol. The van der Waals surface area contributed by atoms with Gasteiger partial charge in [0, 0.05) is 35.1 Å². The van der Waals surface area contributed by atoms with Crippen LogP contribution in [-0.4, -0.2) is 30.1 Å². The van der Waals surface area contributed by atoms with Crippen LogP contribution in [0.2, 0.25) is 0 Å². The number of carbonyl (C=O) groups is 1. The number of ether oxygens (including phenoxy) is 1. The molecule has 3 rings (SSSR count). The Kier molecular flexibility index (Phi) is 5.25. The molecule has 0 radical (unpaired) electrons. The number of hydrogen-bond acceptors (Lipinski definition) is 4. The van der Waals surface area contributed by atoms with Crippen molar-refractivity contribution in [1.82, 2.24) is 10.3 Å². The summed E-state index contributed by atoms with van der Waals surface area (Å²) >= 11 is 3.40. The first-order valence-electron chi connectivity index (χ1n) is 7.59. The van der Waals surface area contributed by atoms with E-state index in [0.29, 0.717) is 17.9 Å². The molecule has 2 heterocycles.